The minimum Gasteiger partial charge on any atom is -0.478 e. The highest BCUT2D eigenvalue weighted by atomic mass is 16.4. The molecule has 0 spiro atoms. The summed E-state index contributed by atoms with van der Waals surface area (Å²) in [6.07, 6.45) is 1.43. The number of carboxylic acids is 1. The van der Waals surface area contributed by atoms with Crippen LogP contribution < -0.4 is 5.32 Å². The van der Waals surface area contributed by atoms with Gasteiger partial charge in [0.05, 0.1) is 18.4 Å². The Hall–Kier alpha value is -3.09. The molecule has 3 amide bonds. The summed E-state index contributed by atoms with van der Waals surface area (Å²) in [5.74, 6) is -1.17. The highest BCUT2D eigenvalue weighted by Crippen LogP contribution is 2.30. The van der Waals surface area contributed by atoms with Crippen molar-refractivity contribution >= 4 is 17.9 Å². The molecule has 7 heteroatoms. The summed E-state index contributed by atoms with van der Waals surface area (Å²) in [5.41, 5.74) is -0.606. The second-order valence-electron chi connectivity index (χ2n) is 5.43. The molecule has 118 valence electrons. The minimum absolute atomic E-state index is 0.0118. The summed E-state index contributed by atoms with van der Waals surface area (Å²) in [6.45, 7) is 1.56. The van der Waals surface area contributed by atoms with E-state index < -0.39 is 23.4 Å². The van der Waals surface area contributed by atoms with E-state index in [2.05, 4.69) is 5.32 Å². The Kier molecular flexibility index (Phi) is 3.40. The van der Waals surface area contributed by atoms with Crippen molar-refractivity contribution in [2.75, 3.05) is 0 Å². The number of carbonyl (C=O) groups is 3. The Labute approximate surface area is 131 Å². The summed E-state index contributed by atoms with van der Waals surface area (Å²) in [6, 6.07) is 8.83. The van der Waals surface area contributed by atoms with Gasteiger partial charge in [-0.05, 0) is 36.8 Å². The smallest absolute Gasteiger partial charge is 0.335 e. The van der Waals surface area contributed by atoms with Crippen LogP contribution in [0.25, 0.3) is 0 Å². The highest BCUT2D eigenvalue weighted by Gasteiger charge is 2.50. The molecule has 1 atom stereocenters. The SMILES string of the molecule is CC1(c2ccco2)NC(=O)N(Cc2cccc(C(=O)O)c2)C1=O. The van der Waals surface area contributed by atoms with Crippen LogP contribution in [0, 0.1) is 0 Å². The van der Waals surface area contributed by atoms with E-state index in [9.17, 15) is 14.4 Å². The van der Waals surface area contributed by atoms with Gasteiger partial charge in [0.25, 0.3) is 5.91 Å². The number of rotatable bonds is 4. The van der Waals surface area contributed by atoms with Crippen molar-refractivity contribution in [3.63, 3.8) is 0 Å². The van der Waals surface area contributed by atoms with Crippen molar-refractivity contribution in [3.05, 3.63) is 59.5 Å². The third-order valence-corrected chi connectivity index (χ3v) is 3.80. The van der Waals surface area contributed by atoms with Crippen LogP contribution in [0.5, 0.6) is 0 Å². The predicted octanol–water partition coefficient (Wildman–Crippen LogP) is 1.95. The van der Waals surface area contributed by atoms with Gasteiger partial charge in [-0.1, -0.05) is 12.1 Å². The Morgan fingerprint density at radius 1 is 1.30 bits per heavy atom. The predicted molar refractivity (Wildman–Crippen MR) is 78.5 cm³/mol. The van der Waals surface area contributed by atoms with Crippen LogP contribution >= 0.6 is 0 Å². The van der Waals surface area contributed by atoms with E-state index in [0.717, 1.165) is 4.90 Å². The molecule has 0 saturated carbocycles. The normalized spacial score (nSPS) is 20.7. The number of hydrogen-bond donors (Lipinski definition) is 2. The van der Waals surface area contributed by atoms with Crippen LogP contribution in [-0.4, -0.2) is 27.9 Å². The Morgan fingerprint density at radius 3 is 2.74 bits per heavy atom. The number of urea groups is 1. The third kappa shape index (κ3) is 2.46. The summed E-state index contributed by atoms with van der Waals surface area (Å²) in [5, 5.41) is 11.6. The molecule has 1 unspecified atom stereocenters. The Morgan fingerprint density at radius 2 is 2.09 bits per heavy atom. The summed E-state index contributed by atoms with van der Waals surface area (Å²) in [7, 11) is 0. The van der Waals surface area contributed by atoms with Crippen molar-refractivity contribution in [2.45, 2.75) is 19.0 Å². The summed E-state index contributed by atoms with van der Waals surface area (Å²) < 4.78 is 5.25. The number of furan rings is 1. The maximum atomic E-state index is 12.6. The Bertz CT molecular complexity index is 784. The molecule has 2 aromatic rings. The van der Waals surface area contributed by atoms with Gasteiger partial charge in [-0.3, -0.25) is 9.69 Å². The molecule has 0 aliphatic carbocycles. The van der Waals surface area contributed by atoms with Crippen LogP contribution in [0.3, 0.4) is 0 Å². The quantitative estimate of drug-likeness (QED) is 0.840. The molecular formula is C16H14N2O5. The summed E-state index contributed by atoms with van der Waals surface area (Å²) >= 11 is 0. The summed E-state index contributed by atoms with van der Waals surface area (Å²) in [4.78, 5) is 36.8. The first-order chi connectivity index (χ1) is 10.9. The molecule has 23 heavy (non-hydrogen) atoms. The zero-order valence-electron chi connectivity index (χ0n) is 12.3. The monoisotopic (exact) mass is 314 g/mol. The maximum Gasteiger partial charge on any atom is 0.335 e. The molecule has 1 aromatic heterocycles. The second kappa shape index (κ2) is 5.28. The fourth-order valence-corrected chi connectivity index (χ4v) is 2.56. The number of nitrogens with zero attached hydrogens (tertiary/aromatic N) is 1. The number of benzene rings is 1. The first-order valence-corrected chi connectivity index (χ1v) is 6.92. The van der Waals surface area contributed by atoms with E-state index in [0.29, 0.717) is 11.3 Å². The molecular weight excluding hydrogens is 300 g/mol. The van der Waals surface area contributed by atoms with Crippen LogP contribution in [0.2, 0.25) is 0 Å². The standard InChI is InChI=1S/C16H14N2O5/c1-16(12-6-3-7-23-12)14(21)18(15(22)17-16)9-10-4-2-5-11(8-10)13(19)20/h2-8H,9H2,1H3,(H,17,22)(H,19,20). The van der Waals surface area contributed by atoms with Crippen LogP contribution in [-0.2, 0) is 16.9 Å². The zero-order chi connectivity index (χ0) is 16.6. The van der Waals surface area contributed by atoms with Crippen molar-refractivity contribution in [1.82, 2.24) is 10.2 Å². The Balaban J connectivity index is 1.87. The van der Waals surface area contributed by atoms with Crippen LogP contribution in [0.1, 0.15) is 28.6 Å². The van der Waals surface area contributed by atoms with Gasteiger partial charge in [-0.2, -0.15) is 0 Å². The van der Waals surface area contributed by atoms with Gasteiger partial charge >= 0.3 is 12.0 Å². The highest BCUT2D eigenvalue weighted by molar-refractivity contribution is 6.06. The van der Waals surface area contributed by atoms with Crippen molar-refractivity contribution in [2.24, 2.45) is 0 Å². The lowest BCUT2D eigenvalue weighted by Crippen LogP contribution is -2.40. The number of aromatic carboxylic acids is 1. The van der Waals surface area contributed by atoms with E-state index >= 15 is 0 Å². The zero-order valence-corrected chi connectivity index (χ0v) is 12.3. The number of nitrogens with one attached hydrogen (secondary N) is 1. The van der Waals surface area contributed by atoms with Gasteiger partial charge in [0.2, 0.25) is 0 Å². The molecule has 2 N–H and O–H groups in total. The first kappa shape index (κ1) is 14.8. The minimum atomic E-state index is -1.26. The number of carbonyl (C=O) groups excluding carboxylic acids is 2. The van der Waals surface area contributed by atoms with Gasteiger partial charge in [-0.15, -0.1) is 0 Å². The van der Waals surface area contributed by atoms with Gasteiger partial charge in [0.15, 0.2) is 5.54 Å². The third-order valence-electron chi connectivity index (χ3n) is 3.80. The second-order valence-corrected chi connectivity index (χ2v) is 5.43. The fraction of sp³-hybridized carbons (Fsp3) is 0.188. The number of amides is 3. The molecule has 1 aliphatic rings. The van der Waals surface area contributed by atoms with E-state index in [1.165, 1.54) is 18.4 Å². The maximum absolute atomic E-state index is 12.6. The number of hydrogen-bond acceptors (Lipinski definition) is 4. The van der Waals surface area contributed by atoms with Crippen molar-refractivity contribution in [1.29, 1.82) is 0 Å². The molecule has 1 fully saturated rings. The number of imide groups is 1. The lowest BCUT2D eigenvalue weighted by atomic mass is 9.99. The lowest BCUT2D eigenvalue weighted by Gasteiger charge is -2.19. The molecule has 0 bridgehead atoms. The first-order valence-electron chi connectivity index (χ1n) is 6.92. The molecule has 1 aromatic carbocycles. The van der Waals surface area contributed by atoms with E-state index in [1.807, 2.05) is 0 Å². The average Bonchev–Trinajstić information content (AvgIpc) is 3.12. The average molecular weight is 314 g/mol. The molecule has 1 aliphatic heterocycles. The van der Waals surface area contributed by atoms with Gasteiger partial charge in [-0.25, -0.2) is 9.59 Å². The molecule has 0 radical (unpaired) electrons. The van der Waals surface area contributed by atoms with Gasteiger partial charge < -0.3 is 14.8 Å². The van der Waals surface area contributed by atoms with Gasteiger partial charge in [0.1, 0.15) is 5.76 Å². The van der Waals surface area contributed by atoms with Crippen LogP contribution in [0.4, 0.5) is 4.79 Å². The number of carboxylic acid groups (broad SMARTS) is 1. The van der Waals surface area contributed by atoms with E-state index in [4.69, 9.17) is 9.52 Å². The van der Waals surface area contributed by atoms with E-state index in [-0.39, 0.29) is 12.1 Å². The fourth-order valence-electron chi connectivity index (χ4n) is 2.56. The topological polar surface area (TPSA) is 99.8 Å². The molecule has 2 heterocycles. The molecule has 7 nitrogen and oxygen atoms in total. The van der Waals surface area contributed by atoms with E-state index in [1.54, 1.807) is 31.2 Å². The lowest BCUT2D eigenvalue weighted by molar-refractivity contribution is -0.132. The molecule has 3 rings (SSSR count). The van der Waals surface area contributed by atoms with Gasteiger partial charge in [0, 0.05) is 0 Å². The van der Waals surface area contributed by atoms with Crippen LogP contribution in [0.15, 0.2) is 47.1 Å². The van der Waals surface area contributed by atoms with Crippen molar-refractivity contribution in [3.8, 4) is 0 Å². The molecule has 1 saturated heterocycles. The largest absolute Gasteiger partial charge is 0.478 e. The van der Waals surface area contributed by atoms with Crippen molar-refractivity contribution < 1.29 is 23.9 Å².